The minimum absolute atomic E-state index is 0.697. The van der Waals surface area contributed by atoms with E-state index in [9.17, 15) is 0 Å². The third-order valence-electron chi connectivity index (χ3n) is 4.33. The highest BCUT2D eigenvalue weighted by molar-refractivity contribution is 9.10. The first kappa shape index (κ1) is 13.6. The molecule has 1 saturated carbocycles. The third-order valence-corrected chi connectivity index (χ3v) is 5.36. The maximum absolute atomic E-state index is 4.49. The summed E-state index contributed by atoms with van der Waals surface area (Å²) in [4.78, 5) is 2.61. The molecule has 0 aromatic carbocycles. The van der Waals surface area contributed by atoms with Crippen LogP contribution in [0.25, 0.3) is 0 Å². The van der Waals surface area contributed by atoms with E-state index in [1.165, 1.54) is 42.4 Å². The van der Waals surface area contributed by atoms with E-state index in [0.717, 1.165) is 24.8 Å². The summed E-state index contributed by atoms with van der Waals surface area (Å²) >= 11 is 3.67. The molecule has 1 aromatic rings. The van der Waals surface area contributed by atoms with Gasteiger partial charge < -0.3 is 5.32 Å². The number of hydrogen-bond acceptors (Lipinski definition) is 3. The first-order valence-corrected chi connectivity index (χ1v) is 8.10. The number of nitrogens with zero attached hydrogens (tertiary/aromatic N) is 3. The second-order valence-electron chi connectivity index (χ2n) is 5.92. The predicted molar refractivity (Wildman–Crippen MR) is 80.1 cm³/mol. The van der Waals surface area contributed by atoms with E-state index >= 15 is 0 Å². The lowest BCUT2D eigenvalue weighted by Crippen LogP contribution is -2.38. The number of aryl methyl sites for hydroxylation is 2. The van der Waals surface area contributed by atoms with Gasteiger partial charge in [-0.3, -0.25) is 9.58 Å². The highest BCUT2D eigenvalue weighted by Crippen LogP contribution is 2.26. The molecule has 19 heavy (non-hydrogen) atoms. The molecular weight excluding hydrogens is 304 g/mol. The summed E-state index contributed by atoms with van der Waals surface area (Å²) in [5.74, 6) is 0. The van der Waals surface area contributed by atoms with Crippen molar-refractivity contribution >= 4 is 15.9 Å². The zero-order valence-corrected chi connectivity index (χ0v) is 13.4. The molecule has 2 heterocycles. The van der Waals surface area contributed by atoms with Crippen LogP contribution in [0.3, 0.4) is 0 Å². The van der Waals surface area contributed by atoms with Crippen LogP contribution in [0.2, 0.25) is 0 Å². The molecule has 1 atom stereocenters. The van der Waals surface area contributed by atoms with Crippen LogP contribution >= 0.6 is 15.9 Å². The standard InChI is InChI=1S/C14H23BrN4/c1-10-14(15)13(18(2)17-10)9-19-7-3-4-12(19)8-16-11-5-6-11/h11-12,16H,3-9H2,1-2H3. The van der Waals surface area contributed by atoms with Crippen molar-refractivity contribution in [2.75, 3.05) is 13.1 Å². The molecule has 3 rings (SSSR count). The highest BCUT2D eigenvalue weighted by Gasteiger charge is 2.28. The molecule has 1 aliphatic heterocycles. The second-order valence-corrected chi connectivity index (χ2v) is 6.71. The summed E-state index contributed by atoms with van der Waals surface area (Å²) < 4.78 is 3.19. The molecule has 1 N–H and O–H groups in total. The lowest BCUT2D eigenvalue weighted by molar-refractivity contribution is 0.232. The SMILES string of the molecule is Cc1nn(C)c(CN2CCCC2CNC2CC2)c1Br. The van der Waals surface area contributed by atoms with Crippen molar-refractivity contribution in [1.82, 2.24) is 20.0 Å². The molecule has 0 radical (unpaired) electrons. The minimum atomic E-state index is 0.697. The first-order valence-electron chi connectivity index (χ1n) is 7.30. The predicted octanol–water partition coefficient (Wildman–Crippen LogP) is 2.21. The Bertz CT molecular complexity index is 453. The third kappa shape index (κ3) is 3.03. The van der Waals surface area contributed by atoms with Gasteiger partial charge >= 0.3 is 0 Å². The number of likely N-dealkylation sites (tertiary alicyclic amines) is 1. The van der Waals surface area contributed by atoms with Crippen molar-refractivity contribution < 1.29 is 0 Å². The largest absolute Gasteiger partial charge is 0.312 e. The van der Waals surface area contributed by atoms with Gasteiger partial charge in [0.05, 0.1) is 15.9 Å². The molecule has 2 fully saturated rings. The Morgan fingerprint density at radius 3 is 2.79 bits per heavy atom. The van der Waals surface area contributed by atoms with Crippen LogP contribution in [0.1, 0.15) is 37.1 Å². The van der Waals surface area contributed by atoms with Gasteiger partial charge in [0.2, 0.25) is 0 Å². The molecule has 0 amide bonds. The summed E-state index contributed by atoms with van der Waals surface area (Å²) in [5.41, 5.74) is 2.39. The van der Waals surface area contributed by atoms with Crippen molar-refractivity contribution in [2.45, 2.75) is 51.2 Å². The number of rotatable bonds is 5. The van der Waals surface area contributed by atoms with Gasteiger partial charge in [-0.1, -0.05) is 0 Å². The Morgan fingerprint density at radius 2 is 2.16 bits per heavy atom. The number of aromatic nitrogens is 2. The smallest absolute Gasteiger partial charge is 0.0739 e. The first-order chi connectivity index (χ1) is 9.15. The molecule has 0 bridgehead atoms. The molecule has 0 spiro atoms. The van der Waals surface area contributed by atoms with Gasteiger partial charge in [0, 0.05) is 32.2 Å². The quantitative estimate of drug-likeness (QED) is 0.900. The summed E-state index contributed by atoms with van der Waals surface area (Å²) in [5, 5.41) is 8.16. The van der Waals surface area contributed by atoms with Crippen molar-refractivity contribution in [3.8, 4) is 0 Å². The lowest BCUT2D eigenvalue weighted by Gasteiger charge is -2.25. The molecule has 1 saturated heterocycles. The van der Waals surface area contributed by atoms with E-state index in [1.807, 2.05) is 11.7 Å². The van der Waals surface area contributed by atoms with Crippen molar-refractivity contribution in [3.63, 3.8) is 0 Å². The van der Waals surface area contributed by atoms with Crippen LogP contribution in [-0.2, 0) is 13.6 Å². The van der Waals surface area contributed by atoms with Crippen LogP contribution in [0.15, 0.2) is 4.47 Å². The van der Waals surface area contributed by atoms with Gasteiger partial charge in [0.1, 0.15) is 0 Å². The fraction of sp³-hybridized carbons (Fsp3) is 0.786. The normalized spacial score (nSPS) is 24.3. The Labute approximate surface area is 123 Å². The van der Waals surface area contributed by atoms with Crippen molar-refractivity contribution in [2.24, 2.45) is 7.05 Å². The summed E-state index contributed by atoms with van der Waals surface area (Å²) in [6.07, 6.45) is 5.40. The molecule has 1 aromatic heterocycles. The molecule has 2 aliphatic rings. The zero-order valence-electron chi connectivity index (χ0n) is 11.8. The Morgan fingerprint density at radius 1 is 1.37 bits per heavy atom. The average molecular weight is 327 g/mol. The lowest BCUT2D eigenvalue weighted by atomic mass is 10.2. The van der Waals surface area contributed by atoms with E-state index in [-0.39, 0.29) is 0 Å². The van der Waals surface area contributed by atoms with Crippen LogP contribution in [0.5, 0.6) is 0 Å². The van der Waals surface area contributed by atoms with Gasteiger partial charge in [-0.05, 0) is 55.1 Å². The van der Waals surface area contributed by atoms with Gasteiger partial charge in [-0.2, -0.15) is 5.10 Å². The fourth-order valence-corrected chi connectivity index (χ4v) is 3.43. The fourth-order valence-electron chi connectivity index (χ4n) is 2.97. The summed E-state index contributed by atoms with van der Waals surface area (Å²) in [6.45, 7) is 5.44. The average Bonchev–Trinajstić information content (AvgIpc) is 3.06. The molecular formula is C14H23BrN4. The van der Waals surface area contributed by atoms with E-state index < -0.39 is 0 Å². The Balaban J connectivity index is 1.63. The van der Waals surface area contributed by atoms with Gasteiger partial charge in [-0.15, -0.1) is 0 Å². The highest BCUT2D eigenvalue weighted by atomic mass is 79.9. The minimum Gasteiger partial charge on any atom is -0.312 e. The van der Waals surface area contributed by atoms with Crippen LogP contribution in [0.4, 0.5) is 0 Å². The van der Waals surface area contributed by atoms with E-state index in [0.29, 0.717) is 6.04 Å². The number of nitrogens with one attached hydrogen (secondary N) is 1. The van der Waals surface area contributed by atoms with Gasteiger partial charge in [0.25, 0.3) is 0 Å². The Hall–Kier alpha value is -0.390. The number of hydrogen-bond donors (Lipinski definition) is 1. The number of halogens is 1. The molecule has 5 heteroatoms. The maximum atomic E-state index is 4.49. The van der Waals surface area contributed by atoms with E-state index in [1.54, 1.807) is 0 Å². The maximum Gasteiger partial charge on any atom is 0.0739 e. The molecule has 1 aliphatic carbocycles. The van der Waals surface area contributed by atoms with E-state index in [4.69, 9.17) is 0 Å². The summed E-state index contributed by atoms with van der Waals surface area (Å²) in [6, 6.07) is 1.51. The molecule has 106 valence electrons. The summed E-state index contributed by atoms with van der Waals surface area (Å²) in [7, 11) is 2.04. The topological polar surface area (TPSA) is 33.1 Å². The molecule has 4 nitrogen and oxygen atoms in total. The zero-order chi connectivity index (χ0) is 13.4. The van der Waals surface area contributed by atoms with Crippen molar-refractivity contribution in [1.29, 1.82) is 0 Å². The van der Waals surface area contributed by atoms with Crippen LogP contribution < -0.4 is 5.32 Å². The van der Waals surface area contributed by atoms with Crippen LogP contribution in [-0.4, -0.2) is 39.9 Å². The van der Waals surface area contributed by atoms with Crippen LogP contribution in [0, 0.1) is 6.92 Å². The van der Waals surface area contributed by atoms with Gasteiger partial charge in [-0.25, -0.2) is 0 Å². The monoisotopic (exact) mass is 326 g/mol. The second kappa shape index (κ2) is 5.54. The van der Waals surface area contributed by atoms with Crippen molar-refractivity contribution in [3.05, 3.63) is 15.9 Å². The van der Waals surface area contributed by atoms with E-state index in [2.05, 4.69) is 38.2 Å². The van der Waals surface area contributed by atoms with Gasteiger partial charge in [0.15, 0.2) is 0 Å². The Kier molecular flexibility index (Phi) is 3.96. The molecule has 1 unspecified atom stereocenters.